The highest BCUT2D eigenvalue weighted by Gasteiger charge is 2.18. The Morgan fingerprint density at radius 3 is 2.31 bits per heavy atom. The highest BCUT2D eigenvalue weighted by Crippen LogP contribution is 2.33. The van der Waals surface area contributed by atoms with Crippen LogP contribution in [0.3, 0.4) is 0 Å². The zero-order chi connectivity index (χ0) is 24.8. The molecular weight excluding hydrogens is 462 g/mol. The topological polar surface area (TPSA) is 83.9 Å². The fraction of sp³-hybridized carbons (Fsp3) is 0.179. The third-order valence-corrected chi connectivity index (χ3v) is 6.92. The van der Waals surface area contributed by atoms with Gasteiger partial charge in [0.1, 0.15) is 12.4 Å². The smallest absolute Gasteiger partial charge is 0.303 e. The number of benzene rings is 4. The van der Waals surface area contributed by atoms with Crippen LogP contribution in [0.5, 0.6) is 5.75 Å². The molecule has 0 atom stereocenters. The number of sulfonamides is 1. The molecule has 0 fully saturated rings. The summed E-state index contributed by atoms with van der Waals surface area (Å²) in [5, 5.41) is 11.3. The predicted octanol–water partition coefficient (Wildman–Crippen LogP) is 5.37. The molecule has 0 saturated heterocycles. The van der Waals surface area contributed by atoms with E-state index in [4.69, 9.17) is 9.84 Å². The number of fused-ring (bicyclic) bond motifs is 1. The van der Waals surface area contributed by atoms with Crippen molar-refractivity contribution in [3.63, 3.8) is 0 Å². The van der Waals surface area contributed by atoms with Gasteiger partial charge in [-0.2, -0.15) is 0 Å². The summed E-state index contributed by atoms with van der Waals surface area (Å²) < 4.78 is 32.2. The van der Waals surface area contributed by atoms with Gasteiger partial charge in [-0.15, -0.1) is 0 Å². The van der Waals surface area contributed by atoms with Gasteiger partial charge in [0.15, 0.2) is 0 Å². The second-order valence-corrected chi connectivity index (χ2v) is 10.2. The van der Waals surface area contributed by atoms with Gasteiger partial charge in [-0.3, -0.25) is 9.10 Å². The van der Waals surface area contributed by atoms with E-state index in [2.05, 4.69) is 6.07 Å². The predicted molar refractivity (Wildman–Crippen MR) is 139 cm³/mol. The number of aliphatic carboxylic acids is 1. The number of aryl methyl sites for hydroxylation is 1. The Morgan fingerprint density at radius 1 is 0.886 bits per heavy atom. The van der Waals surface area contributed by atoms with E-state index in [-0.39, 0.29) is 19.6 Å². The molecule has 0 aromatic heterocycles. The Balaban J connectivity index is 1.62. The molecule has 4 aromatic rings. The molecule has 0 heterocycles. The van der Waals surface area contributed by atoms with E-state index in [0.29, 0.717) is 17.9 Å². The van der Waals surface area contributed by atoms with Gasteiger partial charge < -0.3 is 9.84 Å². The SMILES string of the molecule is CS(=O)(=O)N(CCOc1ccc(CCC(=O)O)cc1-c1ccc2ccccc2c1)c1ccccc1. The number of anilines is 1. The molecule has 0 saturated carbocycles. The van der Waals surface area contributed by atoms with Crippen molar-refractivity contribution in [1.29, 1.82) is 0 Å². The lowest BCUT2D eigenvalue weighted by Gasteiger charge is -2.23. The van der Waals surface area contributed by atoms with Crippen LogP contribution < -0.4 is 9.04 Å². The minimum atomic E-state index is -3.48. The third-order valence-electron chi connectivity index (χ3n) is 5.73. The molecule has 4 aromatic carbocycles. The third kappa shape index (κ3) is 6.19. The summed E-state index contributed by atoms with van der Waals surface area (Å²) >= 11 is 0. The second kappa shape index (κ2) is 10.6. The number of carboxylic acid groups (broad SMARTS) is 1. The number of nitrogens with zero attached hydrogens (tertiary/aromatic N) is 1. The molecule has 0 amide bonds. The van der Waals surface area contributed by atoms with Crippen molar-refractivity contribution in [1.82, 2.24) is 0 Å². The maximum atomic E-state index is 12.4. The quantitative estimate of drug-likeness (QED) is 0.324. The van der Waals surface area contributed by atoms with Crippen molar-refractivity contribution < 1.29 is 23.1 Å². The van der Waals surface area contributed by atoms with Crippen LogP contribution in [-0.2, 0) is 21.2 Å². The molecular formula is C28H27NO5S. The molecule has 0 bridgehead atoms. The number of carbonyl (C=O) groups is 1. The van der Waals surface area contributed by atoms with Gasteiger partial charge in [0.2, 0.25) is 10.0 Å². The summed E-state index contributed by atoms with van der Waals surface area (Å²) in [6.07, 6.45) is 1.63. The maximum absolute atomic E-state index is 12.4. The normalized spacial score (nSPS) is 11.3. The van der Waals surface area contributed by atoms with Crippen LogP contribution in [0.4, 0.5) is 5.69 Å². The van der Waals surface area contributed by atoms with Crippen molar-refractivity contribution >= 4 is 32.5 Å². The van der Waals surface area contributed by atoms with Gasteiger partial charge >= 0.3 is 5.97 Å². The van der Waals surface area contributed by atoms with Crippen molar-refractivity contribution in [2.75, 3.05) is 23.7 Å². The number of rotatable bonds is 10. The number of hydrogen-bond donors (Lipinski definition) is 1. The number of ether oxygens (including phenoxy) is 1. The van der Waals surface area contributed by atoms with E-state index in [0.717, 1.165) is 27.5 Å². The Kier molecular flexibility index (Phi) is 7.36. The van der Waals surface area contributed by atoms with Gasteiger partial charge in [-0.05, 0) is 58.7 Å². The molecule has 7 heteroatoms. The first-order valence-electron chi connectivity index (χ1n) is 11.3. The zero-order valence-corrected chi connectivity index (χ0v) is 20.2. The monoisotopic (exact) mass is 489 g/mol. The van der Waals surface area contributed by atoms with Crippen LogP contribution in [0.25, 0.3) is 21.9 Å². The lowest BCUT2D eigenvalue weighted by Crippen LogP contribution is -2.33. The average molecular weight is 490 g/mol. The van der Waals surface area contributed by atoms with Crippen LogP contribution in [0, 0.1) is 0 Å². The van der Waals surface area contributed by atoms with Crippen LogP contribution >= 0.6 is 0 Å². The number of hydrogen-bond acceptors (Lipinski definition) is 4. The van der Waals surface area contributed by atoms with Gasteiger partial charge in [0.25, 0.3) is 0 Å². The molecule has 0 unspecified atom stereocenters. The molecule has 0 spiro atoms. The van der Waals surface area contributed by atoms with E-state index < -0.39 is 16.0 Å². The highest BCUT2D eigenvalue weighted by atomic mass is 32.2. The lowest BCUT2D eigenvalue weighted by atomic mass is 9.97. The van der Waals surface area contributed by atoms with Gasteiger partial charge in [0, 0.05) is 12.0 Å². The Morgan fingerprint density at radius 2 is 1.60 bits per heavy atom. The minimum absolute atomic E-state index is 0.0394. The molecule has 6 nitrogen and oxygen atoms in total. The fourth-order valence-electron chi connectivity index (χ4n) is 4.01. The fourth-order valence-corrected chi connectivity index (χ4v) is 4.92. The molecule has 0 radical (unpaired) electrons. The summed E-state index contributed by atoms with van der Waals surface area (Å²) in [7, 11) is -3.48. The van der Waals surface area contributed by atoms with Crippen molar-refractivity contribution in [2.24, 2.45) is 0 Å². The van der Waals surface area contributed by atoms with Crippen LogP contribution in [-0.4, -0.2) is 38.9 Å². The summed E-state index contributed by atoms with van der Waals surface area (Å²) in [5.74, 6) is -0.236. The lowest BCUT2D eigenvalue weighted by molar-refractivity contribution is -0.136. The molecule has 0 aliphatic carbocycles. The second-order valence-electron chi connectivity index (χ2n) is 8.31. The first-order valence-corrected chi connectivity index (χ1v) is 13.2. The van der Waals surface area contributed by atoms with Crippen molar-refractivity contribution in [2.45, 2.75) is 12.8 Å². The molecule has 35 heavy (non-hydrogen) atoms. The molecule has 1 N–H and O–H groups in total. The van der Waals surface area contributed by atoms with Crippen LogP contribution in [0.2, 0.25) is 0 Å². The highest BCUT2D eigenvalue weighted by molar-refractivity contribution is 7.92. The summed E-state index contributed by atoms with van der Waals surface area (Å²) in [6, 6.07) is 28.7. The number of carboxylic acids is 1. The van der Waals surface area contributed by atoms with Crippen molar-refractivity contribution in [3.05, 3.63) is 96.6 Å². The van der Waals surface area contributed by atoms with E-state index in [1.54, 1.807) is 24.3 Å². The molecule has 0 aliphatic heterocycles. The van der Waals surface area contributed by atoms with Gasteiger partial charge in [-0.1, -0.05) is 60.7 Å². The molecule has 180 valence electrons. The molecule has 4 rings (SSSR count). The summed E-state index contributed by atoms with van der Waals surface area (Å²) in [6.45, 7) is 0.303. The first kappa shape index (κ1) is 24.3. The zero-order valence-electron chi connectivity index (χ0n) is 19.4. The minimum Gasteiger partial charge on any atom is -0.491 e. The molecule has 0 aliphatic rings. The Labute approximate surface area is 205 Å². The van der Waals surface area contributed by atoms with Crippen LogP contribution in [0.15, 0.2) is 91.0 Å². The van der Waals surface area contributed by atoms with E-state index in [1.165, 1.54) is 10.6 Å². The van der Waals surface area contributed by atoms with Gasteiger partial charge in [0.05, 0.1) is 18.5 Å². The standard InChI is InChI=1S/C28H27NO5S/c1-35(32,33)29(25-9-3-2-4-10-25)17-18-34-27-15-11-21(12-16-28(30)31)19-26(27)24-14-13-22-7-5-6-8-23(22)20-24/h2-11,13-15,19-20H,12,16-18H2,1H3,(H,30,31). The summed E-state index contributed by atoms with van der Waals surface area (Å²) in [5.41, 5.74) is 3.26. The number of para-hydroxylation sites is 1. The Bertz CT molecular complexity index is 1430. The van der Waals surface area contributed by atoms with Crippen LogP contribution in [0.1, 0.15) is 12.0 Å². The van der Waals surface area contributed by atoms with Gasteiger partial charge in [-0.25, -0.2) is 8.42 Å². The van der Waals surface area contributed by atoms with Crippen molar-refractivity contribution in [3.8, 4) is 16.9 Å². The largest absolute Gasteiger partial charge is 0.491 e. The van der Waals surface area contributed by atoms with E-state index in [9.17, 15) is 13.2 Å². The van der Waals surface area contributed by atoms with E-state index in [1.807, 2.05) is 60.7 Å². The summed E-state index contributed by atoms with van der Waals surface area (Å²) in [4.78, 5) is 11.1. The first-order chi connectivity index (χ1) is 16.8. The maximum Gasteiger partial charge on any atom is 0.303 e. The van der Waals surface area contributed by atoms with E-state index >= 15 is 0 Å². The average Bonchev–Trinajstić information content (AvgIpc) is 2.85. The Hall–Kier alpha value is -3.84.